The summed E-state index contributed by atoms with van der Waals surface area (Å²) in [5.41, 5.74) is 3.90. The quantitative estimate of drug-likeness (QED) is 0.374. The lowest BCUT2D eigenvalue weighted by molar-refractivity contribution is -0.115. The van der Waals surface area contributed by atoms with Gasteiger partial charge in [-0.3, -0.25) is 14.3 Å². The zero-order valence-corrected chi connectivity index (χ0v) is 19.2. The Morgan fingerprint density at radius 1 is 1.22 bits per heavy atom. The highest BCUT2D eigenvalue weighted by molar-refractivity contribution is 7.98. The van der Waals surface area contributed by atoms with Gasteiger partial charge in [-0.25, -0.2) is 4.98 Å². The van der Waals surface area contributed by atoms with Crippen molar-refractivity contribution in [2.24, 2.45) is 0 Å². The fourth-order valence-electron chi connectivity index (χ4n) is 3.34. The van der Waals surface area contributed by atoms with Crippen molar-refractivity contribution in [3.8, 4) is 11.4 Å². The molecule has 0 radical (unpaired) electrons. The Labute approximate surface area is 194 Å². The molecular weight excluding hydrogens is 440 g/mol. The van der Waals surface area contributed by atoms with E-state index in [9.17, 15) is 4.79 Å². The zero-order chi connectivity index (χ0) is 21.9. The highest BCUT2D eigenvalue weighted by Gasteiger charge is 2.30. The number of pyridine rings is 1. The summed E-state index contributed by atoms with van der Waals surface area (Å²) in [5, 5.41) is 15.5. The van der Waals surface area contributed by atoms with Gasteiger partial charge < -0.3 is 5.32 Å². The van der Waals surface area contributed by atoms with Crippen LogP contribution in [0.4, 0.5) is 5.69 Å². The summed E-state index contributed by atoms with van der Waals surface area (Å²) in [5.74, 6) is 1.50. The van der Waals surface area contributed by atoms with Gasteiger partial charge in [0.05, 0.1) is 12.1 Å². The summed E-state index contributed by atoms with van der Waals surface area (Å²) in [6.45, 7) is 2.02. The first-order chi connectivity index (χ1) is 15.7. The van der Waals surface area contributed by atoms with Crippen molar-refractivity contribution in [1.29, 1.82) is 0 Å². The molecule has 1 saturated carbocycles. The van der Waals surface area contributed by atoms with Crippen LogP contribution in [0.1, 0.15) is 35.1 Å². The van der Waals surface area contributed by atoms with E-state index in [-0.39, 0.29) is 12.3 Å². The molecule has 1 aromatic carbocycles. The molecule has 1 aliphatic rings. The predicted octanol–water partition coefficient (Wildman–Crippen LogP) is 4.91. The summed E-state index contributed by atoms with van der Waals surface area (Å²) in [7, 11) is 0. The molecule has 32 heavy (non-hydrogen) atoms. The summed E-state index contributed by atoms with van der Waals surface area (Å²) in [6.07, 6.45) is 6.15. The number of hydrogen-bond donors (Lipinski definition) is 1. The van der Waals surface area contributed by atoms with Gasteiger partial charge in [-0.1, -0.05) is 29.5 Å². The number of carbonyl (C=O) groups excluding carboxylic acids is 1. The number of nitrogens with one attached hydrogen (secondary N) is 1. The Balaban J connectivity index is 1.22. The van der Waals surface area contributed by atoms with E-state index in [0.717, 1.165) is 51.3 Å². The van der Waals surface area contributed by atoms with Crippen LogP contribution in [-0.2, 0) is 17.0 Å². The van der Waals surface area contributed by atoms with Gasteiger partial charge in [0.15, 0.2) is 11.0 Å². The van der Waals surface area contributed by atoms with Crippen molar-refractivity contribution in [1.82, 2.24) is 24.7 Å². The maximum atomic E-state index is 12.3. The van der Waals surface area contributed by atoms with Gasteiger partial charge in [0, 0.05) is 40.8 Å². The average molecular weight is 463 g/mol. The monoisotopic (exact) mass is 462 g/mol. The van der Waals surface area contributed by atoms with Gasteiger partial charge in [-0.2, -0.15) is 0 Å². The molecule has 0 atom stereocenters. The number of carbonyl (C=O) groups is 1. The Morgan fingerprint density at radius 3 is 2.81 bits per heavy atom. The van der Waals surface area contributed by atoms with E-state index in [0.29, 0.717) is 11.8 Å². The minimum Gasteiger partial charge on any atom is -0.326 e. The molecule has 3 heterocycles. The number of anilines is 1. The van der Waals surface area contributed by atoms with Gasteiger partial charge in [-0.15, -0.1) is 21.5 Å². The SMILES string of the molecule is Cc1ccc(NC(=O)Cc2nc(CSc3nnc(-c4cccnc4)n3C3CC3)cs2)cc1. The van der Waals surface area contributed by atoms with Gasteiger partial charge in [0.1, 0.15) is 5.01 Å². The number of thiazole rings is 1. The van der Waals surface area contributed by atoms with E-state index < -0.39 is 0 Å². The largest absolute Gasteiger partial charge is 0.326 e. The van der Waals surface area contributed by atoms with E-state index in [2.05, 4.69) is 30.0 Å². The number of thioether (sulfide) groups is 1. The first-order valence-electron chi connectivity index (χ1n) is 10.4. The van der Waals surface area contributed by atoms with E-state index in [1.165, 1.54) is 11.3 Å². The van der Waals surface area contributed by atoms with Crippen molar-refractivity contribution >= 4 is 34.7 Å². The molecule has 3 aromatic heterocycles. The standard InChI is InChI=1S/C23H22N6OS2/c1-15-4-6-17(7-5-15)25-20(30)11-21-26-18(13-31-21)14-32-23-28-27-22(29(23)19-8-9-19)16-3-2-10-24-12-16/h2-7,10,12-13,19H,8-9,11,14H2,1H3,(H,25,30). The topological polar surface area (TPSA) is 85.6 Å². The number of benzene rings is 1. The molecule has 0 saturated heterocycles. The number of rotatable bonds is 8. The number of hydrogen-bond acceptors (Lipinski definition) is 7. The molecule has 0 bridgehead atoms. The lowest BCUT2D eigenvalue weighted by atomic mass is 10.2. The summed E-state index contributed by atoms with van der Waals surface area (Å²) < 4.78 is 2.23. The fraction of sp³-hybridized carbons (Fsp3) is 0.261. The van der Waals surface area contributed by atoms with Crippen molar-refractivity contribution in [2.75, 3.05) is 5.32 Å². The highest BCUT2D eigenvalue weighted by atomic mass is 32.2. The molecule has 9 heteroatoms. The Hall–Kier alpha value is -3.04. The van der Waals surface area contributed by atoms with Crippen LogP contribution in [0.25, 0.3) is 11.4 Å². The second-order valence-corrected chi connectivity index (χ2v) is 9.65. The average Bonchev–Trinajstić information content (AvgIpc) is 3.40. The molecule has 1 fully saturated rings. The van der Waals surface area contributed by atoms with Gasteiger partial charge in [0.25, 0.3) is 0 Å². The first kappa shape index (κ1) is 20.8. The third-order valence-corrected chi connectivity index (χ3v) is 6.97. The van der Waals surface area contributed by atoms with Crippen LogP contribution < -0.4 is 5.32 Å². The van der Waals surface area contributed by atoms with Crippen molar-refractivity contribution in [3.63, 3.8) is 0 Å². The van der Waals surface area contributed by atoms with E-state index in [1.807, 2.05) is 54.9 Å². The van der Waals surface area contributed by atoms with Crippen LogP contribution >= 0.6 is 23.1 Å². The van der Waals surface area contributed by atoms with Crippen molar-refractivity contribution < 1.29 is 4.79 Å². The molecule has 5 rings (SSSR count). The maximum absolute atomic E-state index is 12.3. The lowest BCUT2D eigenvalue weighted by Gasteiger charge is -2.08. The van der Waals surface area contributed by atoms with Gasteiger partial charge in [-0.05, 0) is 44.0 Å². The molecule has 4 aromatic rings. The molecule has 0 spiro atoms. The molecule has 1 aliphatic carbocycles. The van der Waals surface area contributed by atoms with E-state index in [1.54, 1.807) is 18.0 Å². The summed E-state index contributed by atoms with van der Waals surface area (Å²) in [4.78, 5) is 21.2. The van der Waals surface area contributed by atoms with Crippen LogP contribution in [-0.4, -0.2) is 30.6 Å². The highest BCUT2D eigenvalue weighted by Crippen LogP contribution is 2.41. The van der Waals surface area contributed by atoms with Crippen LogP contribution in [0.2, 0.25) is 0 Å². The summed E-state index contributed by atoms with van der Waals surface area (Å²) in [6, 6.07) is 12.2. The molecule has 7 nitrogen and oxygen atoms in total. The van der Waals surface area contributed by atoms with E-state index >= 15 is 0 Å². The molecule has 1 N–H and O–H groups in total. The molecule has 0 unspecified atom stereocenters. The first-order valence-corrected chi connectivity index (χ1v) is 12.3. The normalized spacial score (nSPS) is 13.3. The number of amides is 1. The van der Waals surface area contributed by atoms with Crippen molar-refractivity contribution in [2.45, 2.75) is 43.1 Å². The van der Waals surface area contributed by atoms with Gasteiger partial charge >= 0.3 is 0 Å². The van der Waals surface area contributed by atoms with Crippen molar-refractivity contribution in [3.05, 3.63) is 70.4 Å². The van der Waals surface area contributed by atoms with E-state index in [4.69, 9.17) is 0 Å². The van der Waals surface area contributed by atoms with Gasteiger partial charge in [0.2, 0.25) is 5.91 Å². The number of aromatic nitrogens is 5. The van der Waals surface area contributed by atoms with Crippen LogP contribution in [0.5, 0.6) is 0 Å². The molecule has 0 aliphatic heterocycles. The maximum Gasteiger partial charge on any atom is 0.231 e. The van der Waals surface area contributed by atoms with Crippen LogP contribution in [0.15, 0.2) is 59.3 Å². The second kappa shape index (κ2) is 9.22. The van der Waals surface area contributed by atoms with Crippen LogP contribution in [0, 0.1) is 6.92 Å². The Bertz CT molecular complexity index is 1220. The zero-order valence-electron chi connectivity index (χ0n) is 17.6. The third kappa shape index (κ3) is 4.89. The lowest BCUT2D eigenvalue weighted by Crippen LogP contribution is -2.14. The minimum atomic E-state index is -0.0583. The second-order valence-electron chi connectivity index (χ2n) is 7.76. The Morgan fingerprint density at radius 2 is 2.06 bits per heavy atom. The minimum absolute atomic E-state index is 0.0583. The molecular formula is C23H22N6OS2. The third-order valence-electron chi connectivity index (χ3n) is 5.09. The smallest absolute Gasteiger partial charge is 0.231 e. The molecule has 1 amide bonds. The number of aryl methyl sites for hydroxylation is 1. The Kier molecular flexibility index (Phi) is 6.00. The predicted molar refractivity (Wildman–Crippen MR) is 127 cm³/mol. The van der Waals surface area contributed by atoms with Crippen LogP contribution in [0.3, 0.4) is 0 Å². The fourth-order valence-corrected chi connectivity index (χ4v) is 5.14. The molecule has 162 valence electrons. The number of nitrogens with zero attached hydrogens (tertiary/aromatic N) is 5. The summed E-state index contributed by atoms with van der Waals surface area (Å²) >= 11 is 3.15.